The molecular weight excluding hydrogens is 162 g/mol. The van der Waals surface area contributed by atoms with E-state index in [1.54, 1.807) is 0 Å². The lowest BCUT2D eigenvalue weighted by Crippen LogP contribution is -2.01. The first kappa shape index (κ1) is 7.09. The molecule has 3 nitrogen and oxygen atoms in total. The van der Waals surface area contributed by atoms with Crippen molar-refractivity contribution in [1.29, 1.82) is 0 Å². The van der Waals surface area contributed by atoms with Crippen molar-refractivity contribution in [2.75, 3.05) is 0 Å². The lowest BCUT2D eigenvalue weighted by atomic mass is 10.1. The molecule has 0 aliphatic carbocycles. The maximum absolute atomic E-state index is 4.29. The Balaban J connectivity index is 2.48. The van der Waals surface area contributed by atoms with E-state index in [9.17, 15) is 0 Å². The number of aryl methyl sites for hydroxylation is 1. The van der Waals surface area contributed by atoms with Gasteiger partial charge in [-0.3, -0.25) is 0 Å². The fourth-order valence-electron chi connectivity index (χ4n) is 2.04. The summed E-state index contributed by atoms with van der Waals surface area (Å²) in [5.41, 5.74) is 5.21. The van der Waals surface area contributed by atoms with Crippen LogP contribution in [-0.4, -0.2) is 9.38 Å². The van der Waals surface area contributed by atoms with Crippen molar-refractivity contribution in [3.05, 3.63) is 35.3 Å². The monoisotopic (exact) mass is 173 g/mol. The number of hydrogen-bond acceptors (Lipinski definition) is 2. The van der Waals surface area contributed by atoms with Gasteiger partial charge in [-0.05, 0) is 24.1 Å². The highest BCUT2D eigenvalue weighted by molar-refractivity contribution is 5.48. The normalized spacial score (nSPS) is 15.2. The molecule has 0 atom stereocenters. The molecule has 0 saturated carbocycles. The summed E-state index contributed by atoms with van der Waals surface area (Å²) in [5, 5.41) is 3.36. The van der Waals surface area contributed by atoms with Crippen molar-refractivity contribution in [3.8, 4) is 0 Å². The molecule has 1 aliphatic heterocycles. The van der Waals surface area contributed by atoms with Crippen molar-refractivity contribution in [2.45, 2.75) is 20.0 Å². The highest BCUT2D eigenvalue weighted by Crippen LogP contribution is 2.21. The van der Waals surface area contributed by atoms with E-state index in [1.165, 1.54) is 16.8 Å². The van der Waals surface area contributed by atoms with Gasteiger partial charge in [0.1, 0.15) is 5.65 Å². The van der Waals surface area contributed by atoms with Crippen LogP contribution >= 0.6 is 0 Å². The maximum atomic E-state index is 4.29. The van der Waals surface area contributed by atoms with Crippen LogP contribution in [0.1, 0.15) is 16.8 Å². The van der Waals surface area contributed by atoms with Crippen molar-refractivity contribution in [2.24, 2.45) is 0 Å². The lowest BCUT2D eigenvalue weighted by molar-refractivity contribution is 0.752. The summed E-state index contributed by atoms with van der Waals surface area (Å²) in [6.45, 7) is 4.11. The quantitative estimate of drug-likeness (QED) is 0.649. The van der Waals surface area contributed by atoms with E-state index < -0.39 is 0 Å². The molecule has 0 fully saturated rings. The van der Waals surface area contributed by atoms with Gasteiger partial charge in [-0.1, -0.05) is 0 Å². The molecule has 0 unspecified atom stereocenters. The van der Waals surface area contributed by atoms with E-state index in [-0.39, 0.29) is 0 Å². The Kier molecular flexibility index (Phi) is 1.27. The van der Waals surface area contributed by atoms with Gasteiger partial charge in [-0.15, -0.1) is 0 Å². The first-order valence-electron chi connectivity index (χ1n) is 4.51. The summed E-state index contributed by atoms with van der Waals surface area (Å²) in [7, 11) is 0. The lowest BCUT2D eigenvalue weighted by Gasteiger charge is -2.05. The topological polar surface area (TPSA) is 29.3 Å². The Morgan fingerprint density at radius 2 is 2.38 bits per heavy atom. The molecule has 3 heterocycles. The number of rotatable bonds is 0. The third-order valence-corrected chi connectivity index (χ3v) is 2.72. The van der Waals surface area contributed by atoms with Crippen LogP contribution in [0.2, 0.25) is 0 Å². The summed E-state index contributed by atoms with van der Waals surface area (Å²) in [5.74, 6) is 0. The number of nitrogens with zero attached hydrogens (tertiary/aromatic N) is 2. The average Bonchev–Trinajstić information content (AvgIpc) is 2.66. The highest BCUT2D eigenvalue weighted by Gasteiger charge is 2.15. The Morgan fingerprint density at radius 1 is 1.46 bits per heavy atom. The third-order valence-electron chi connectivity index (χ3n) is 2.72. The molecule has 0 aromatic carbocycles. The Morgan fingerprint density at radius 3 is 3.31 bits per heavy atom. The minimum atomic E-state index is 0.962. The summed E-state index contributed by atoms with van der Waals surface area (Å²) in [6, 6.07) is 2.14. The minimum absolute atomic E-state index is 0.962. The number of hydrogen-bond donors (Lipinski definition) is 1. The molecule has 3 heteroatoms. The first-order chi connectivity index (χ1) is 6.36. The molecule has 0 amide bonds. The van der Waals surface area contributed by atoms with Crippen LogP contribution in [0.3, 0.4) is 0 Å². The summed E-state index contributed by atoms with van der Waals surface area (Å²) in [6.07, 6.45) is 3.88. The summed E-state index contributed by atoms with van der Waals surface area (Å²) >= 11 is 0. The van der Waals surface area contributed by atoms with Gasteiger partial charge >= 0.3 is 0 Å². The second-order valence-corrected chi connectivity index (χ2v) is 3.51. The highest BCUT2D eigenvalue weighted by atomic mass is 15.0. The van der Waals surface area contributed by atoms with E-state index in [1.807, 2.05) is 12.4 Å². The number of aromatic nitrogens is 2. The van der Waals surface area contributed by atoms with E-state index in [4.69, 9.17) is 0 Å². The Labute approximate surface area is 76.4 Å². The Hall–Kier alpha value is -1.35. The molecule has 0 spiro atoms. The van der Waals surface area contributed by atoms with Crippen LogP contribution in [0.25, 0.3) is 5.65 Å². The van der Waals surface area contributed by atoms with Crippen molar-refractivity contribution >= 4 is 5.65 Å². The van der Waals surface area contributed by atoms with Gasteiger partial charge in [0.15, 0.2) is 0 Å². The van der Waals surface area contributed by atoms with Crippen molar-refractivity contribution in [1.82, 2.24) is 14.7 Å². The Bertz CT molecular complexity index is 470. The van der Waals surface area contributed by atoms with Gasteiger partial charge in [-0.25, -0.2) is 4.98 Å². The maximum Gasteiger partial charge on any atom is 0.137 e. The standard InChI is InChI=1S/C10H11N3/c1-7-4-10-12-2-3-13(10)9-6-11-5-8(7)9/h2-4,11H,5-6H2,1H3. The molecule has 1 N–H and O–H groups in total. The number of imidazole rings is 1. The first-order valence-corrected chi connectivity index (χ1v) is 4.51. The number of nitrogens with one attached hydrogen (secondary N) is 1. The van der Waals surface area contributed by atoms with Gasteiger partial charge in [0, 0.05) is 31.2 Å². The molecule has 2 aromatic rings. The SMILES string of the molecule is Cc1cc2nccn2c2c1CNC2. The van der Waals surface area contributed by atoms with E-state index in [0.717, 1.165) is 18.7 Å². The van der Waals surface area contributed by atoms with Gasteiger partial charge in [0.2, 0.25) is 0 Å². The van der Waals surface area contributed by atoms with Crippen LogP contribution in [0.5, 0.6) is 0 Å². The molecule has 0 bridgehead atoms. The molecule has 3 rings (SSSR count). The van der Waals surface area contributed by atoms with E-state index in [2.05, 4.69) is 27.7 Å². The zero-order valence-corrected chi connectivity index (χ0v) is 7.54. The van der Waals surface area contributed by atoms with Crippen LogP contribution in [0.15, 0.2) is 18.5 Å². The molecule has 2 aromatic heterocycles. The minimum Gasteiger partial charge on any atom is -0.307 e. The average molecular weight is 173 g/mol. The van der Waals surface area contributed by atoms with E-state index >= 15 is 0 Å². The van der Waals surface area contributed by atoms with Gasteiger partial charge in [0.25, 0.3) is 0 Å². The van der Waals surface area contributed by atoms with Crippen LogP contribution in [0.4, 0.5) is 0 Å². The van der Waals surface area contributed by atoms with Gasteiger partial charge in [0.05, 0.1) is 0 Å². The molecule has 0 radical (unpaired) electrons. The smallest absolute Gasteiger partial charge is 0.137 e. The van der Waals surface area contributed by atoms with Crippen LogP contribution in [-0.2, 0) is 13.1 Å². The van der Waals surface area contributed by atoms with Gasteiger partial charge in [-0.2, -0.15) is 0 Å². The summed E-state index contributed by atoms with van der Waals surface area (Å²) < 4.78 is 2.17. The second-order valence-electron chi connectivity index (χ2n) is 3.51. The van der Waals surface area contributed by atoms with Crippen molar-refractivity contribution in [3.63, 3.8) is 0 Å². The van der Waals surface area contributed by atoms with Crippen LogP contribution < -0.4 is 5.32 Å². The predicted molar refractivity (Wildman–Crippen MR) is 50.5 cm³/mol. The largest absolute Gasteiger partial charge is 0.307 e. The fourth-order valence-corrected chi connectivity index (χ4v) is 2.04. The molecule has 66 valence electrons. The second kappa shape index (κ2) is 2.33. The van der Waals surface area contributed by atoms with Crippen LogP contribution in [0, 0.1) is 6.92 Å². The zero-order valence-electron chi connectivity index (χ0n) is 7.54. The number of fused-ring (bicyclic) bond motifs is 3. The van der Waals surface area contributed by atoms with Gasteiger partial charge < -0.3 is 9.72 Å². The zero-order chi connectivity index (χ0) is 8.84. The van der Waals surface area contributed by atoms with E-state index in [0.29, 0.717) is 0 Å². The molecule has 13 heavy (non-hydrogen) atoms. The fraction of sp³-hybridized carbons (Fsp3) is 0.300. The third kappa shape index (κ3) is 0.848. The van der Waals surface area contributed by atoms with Crippen molar-refractivity contribution < 1.29 is 0 Å². The molecule has 1 aliphatic rings. The summed E-state index contributed by atoms with van der Waals surface area (Å²) in [4.78, 5) is 4.29. The molecule has 0 saturated heterocycles. The molecular formula is C10H11N3. The number of pyridine rings is 1. The predicted octanol–water partition coefficient (Wildman–Crippen LogP) is 1.25.